The van der Waals surface area contributed by atoms with Gasteiger partial charge in [-0.25, -0.2) is 4.39 Å². The minimum atomic E-state index is 0.389. The highest BCUT2D eigenvalue weighted by molar-refractivity contribution is 6.30. The van der Waals surface area contributed by atoms with E-state index in [1.165, 1.54) is 0 Å². The molecule has 0 aliphatic heterocycles. The highest BCUT2D eigenvalue weighted by atomic mass is 35.5. The fraction of sp³-hybridized carbons (Fsp3) is 0.0667. The molecule has 0 heterocycles. The maximum atomic E-state index is 13.0. The molecule has 0 aromatic heterocycles. The van der Waals surface area contributed by atoms with Crippen LogP contribution in [0.4, 0.5) is 10.1 Å². The fourth-order valence-electron chi connectivity index (χ4n) is 1.63. The van der Waals surface area contributed by atoms with Crippen molar-refractivity contribution in [2.75, 3.05) is 11.9 Å². The van der Waals surface area contributed by atoms with E-state index in [-0.39, 0.29) is 0 Å². The van der Waals surface area contributed by atoms with E-state index in [4.69, 9.17) is 23.2 Å². The van der Waals surface area contributed by atoms with Crippen molar-refractivity contribution in [2.45, 2.75) is 0 Å². The number of rotatable bonds is 4. The summed E-state index contributed by atoms with van der Waals surface area (Å²) in [5.74, 6) is 0. The number of hydrogen-bond donors (Lipinski definition) is 1. The van der Waals surface area contributed by atoms with E-state index in [2.05, 4.69) is 5.32 Å². The summed E-state index contributed by atoms with van der Waals surface area (Å²) in [7, 11) is 0. The average Bonchev–Trinajstić information content (AvgIpc) is 2.43. The third-order valence-electron chi connectivity index (χ3n) is 2.67. The molecule has 2 rings (SSSR count). The normalized spacial score (nSPS) is 11.4. The summed E-state index contributed by atoms with van der Waals surface area (Å²) in [4.78, 5) is 0. The van der Waals surface area contributed by atoms with Crippen LogP contribution in [0.3, 0.4) is 0 Å². The lowest BCUT2D eigenvalue weighted by atomic mass is 10.1. The van der Waals surface area contributed by atoms with Crippen LogP contribution in [-0.2, 0) is 0 Å². The molecule has 0 amide bonds. The molecule has 0 saturated carbocycles. The third-order valence-corrected chi connectivity index (χ3v) is 3.18. The van der Waals surface area contributed by atoms with Crippen molar-refractivity contribution in [1.82, 2.24) is 0 Å². The van der Waals surface area contributed by atoms with Crippen LogP contribution in [-0.4, -0.2) is 6.54 Å². The Kier molecular flexibility index (Phi) is 4.83. The zero-order valence-electron chi connectivity index (χ0n) is 10.0. The zero-order valence-corrected chi connectivity index (χ0v) is 11.5. The van der Waals surface area contributed by atoms with E-state index in [1.807, 2.05) is 12.1 Å². The monoisotopic (exact) mass is 295 g/mol. The molecule has 0 radical (unpaired) electrons. The number of benzene rings is 2. The minimum absolute atomic E-state index is 0.389. The van der Waals surface area contributed by atoms with Crippen LogP contribution in [0, 0.1) is 0 Å². The lowest BCUT2D eigenvalue weighted by molar-refractivity contribution is 0.722. The lowest BCUT2D eigenvalue weighted by Crippen LogP contribution is -2.03. The van der Waals surface area contributed by atoms with Gasteiger partial charge in [-0.3, -0.25) is 0 Å². The molecule has 0 spiro atoms. The maximum Gasteiger partial charge on any atom is 0.0922 e. The Morgan fingerprint density at radius 2 is 1.47 bits per heavy atom. The quantitative estimate of drug-likeness (QED) is 0.794. The molecular formula is C15H12Cl2FN. The molecule has 0 fully saturated rings. The van der Waals surface area contributed by atoms with Gasteiger partial charge in [-0.05, 0) is 42.0 Å². The first-order valence-corrected chi connectivity index (χ1v) is 6.49. The number of hydrogen-bond acceptors (Lipinski definition) is 1. The molecular weight excluding hydrogens is 284 g/mol. The molecule has 1 nitrogen and oxygen atoms in total. The Labute approximate surface area is 121 Å². The average molecular weight is 296 g/mol. The molecule has 0 atom stereocenters. The van der Waals surface area contributed by atoms with Crippen LogP contribution >= 0.6 is 23.2 Å². The molecule has 2 aromatic rings. The van der Waals surface area contributed by atoms with Crippen molar-refractivity contribution in [1.29, 1.82) is 0 Å². The molecule has 98 valence electrons. The van der Waals surface area contributed by atoms with Crippen LogP contribution < -0.4 is 5.32 Å². The van der Waals surface area contributed by atoms with E-state index in [0.29, 0.717) is 28.5 Å². The molecule has 0 aliphatic carbocycles. The van der Waals surface area contributed by atoms with E-state index in [9.17, 15) is 4.39 Å². The van der Waals surface area contributed by atoms with Gasteiger partial charge >= 0.3 is 0 Å². The third kappa shape index (κ3) is 3.98. The van der Waals surface area contributed by atoms with Crippen molar-refractivity contribution in [2.24, 2.45) is 0 Å². The molecule has 1 N–H and O–H groups in total. The lowest BCUT2D eigenvalue weighted by Gasteiger charge is -2.09. The molecule has 2 aromatic carbocycles. The van der Waals surface area contributed by atoms with Gasteiger partial charge in [-0.1, -0.05) is 35.3 Å². The summed E-state index contributed by atoms with van der Waals surface area (Å²) in [6.07, 6.45) is 0.603. The summed E-state index contributed by atoms with van der Waals surface area (Å²) in [5.41, 5.74) is 2.25. The molecule has 0 saturated heterocycles. The summed E-state index contributed by atoms with van der Waals surface area (Å²) < 4.78 is 13.0. The second-order valence-electron chi connectivity index (χ2n) is 4.00. The highest BCUT2D eigenvalue weighted by Gasteiger charge is 2.02. The Bertz CT molecular complexity index is 562. The molecule has 19 heavy (non-hydrogen) atoms. The van der Waals surface area contributed by atoms with E-state index in [0.717, 1.165) is 11.3 Å². The maximum absolute atomic E-state index is 13.0. The summed E-state index contributed by atoms with van der Waals surface area (Å²) in [5, 5.41) is 4.44. The van der Waals surface area contributed by atoms with Crippen molar-refractivity contribution < 1.29 is 4.39 Å². The summed E-state index contributed by atoms with van der Waals surface area (Å²) in [6, 6.07) is 14.3. The SMILES string of the molecule is FC=C(CNc1ccc(Cl)cc1)c1ccc(Cl)cc1. The Morgan fingerprint density at radius 1 is 0.947 bits per heavy atom. The summed E-state index contributed by atoms with van der Waals surface area (Å²) in [6.45, 7) is 0.389. The topological polar surface area (TPSA) is 12.0 Å². The number of nitrogens with one attached hydrogen (secondary N) is 1. The number of halogens is 3. The van der Waals surface area contributed by atoms with Crippen molar-refractivity contribution >= 4 is 34.5 Å². The molecule has 0 bridgehead atoms. The minimum Gasteiger partial charge on any atom is -0.381 e. The summed E-state index contributed by atoms with van der Waals surface area (Å²) >= 11 is 11.6. The Hall–Kier alpha value is -1.51. The smallest absolute Gasteiger partial charge is 0.0922 e. The van der Waals surface area contributed by atoms with Gasteiger partial charge in [0.15, 0.2) is 0 Å². The van der Waals surface area contributed by atoms with Crippen LogP contribution in [0.1, 0.15) is 5.56 Å². The molecule has 4 heteroatoms. The largest absolute Gasteiger partial charge is 0.381 e. The second-order valence-corrected chi connectivity index (χ2v) is 4.87. The van der Waals surface area contributed by atoms with Crippen LogP contribution in [0.5, 0.6) is 0 Å². The molecule has 0 aliphatic rings. The first kappa shape index (κ1) is 13.9. The van der Waals surface area contributed by atoms with Gasteiger partial charge in [0.1, 0.15) is 0 Å². The van der Waals surface area contributed by atoms with Gasteiger partial charge in [-0.2, -0.15) is 0 Å². The zero-order chi connectivity index (χ0) is 13.7. The van der Waals surface area contributed by atoms with Crippen molar-refractivity contribution in [3.63, 3.8) is 0 Å². The number of anilines is 1. The van der Waals surface area contributed by atoms with Crippen LogP contribution in [0.15, 0.2) is 54.9 Å². The van der Waals surface area contributed by atoms with Crippen molar-refractivity contribution in [3.05, 3.63) is 70.5 Å². The van der Waals surface area contributed by atoms with Gasteiger partial charge in [-0.15, -0.1) is 0 Å². The standard InChI is InChI=1S/C15H12Cl2FN/c16-13-3-1-11(2-4-13)12(9-18)10-19-15-7-5-14(17)6-8-15/h1-9,19H,10H2. The fourth-order valence-corrected chi connectivity index (χ4v) is 1.88. The predicted octanol–water partition coefficient (Wildman–Crippen LogP) is 5.42. The van der Waals surface area contributed by atoms with Gasteiger partial charge in [0.05, 0.1) is 6.33 Å². The predicted molar refractivity (Wildman–Crippen MR) is 80.5 cm³/mol. The van der Waals surface area contributed by atoms with E-state index in [1.54, 1.807) is 36.4 Å². The van der Waals surface area contributed by atoms with Crippen LogP contribution in [0.2, 0.25) is 10.0 Å². The van der Waals surface area contributed by atoms with Crippen molar-refractivity contribution in [3.8, 4) is 0 Å². The van der Waals surface area contributed by atoms with Gasteiger partial charge in [0.2, 0.25) is 0 Å². The van der Waals surface area contributed by atoms with Crippen LogP contribution in [0.25, 0.3) is 5.57 Å². The Morgan fingerprint density at radius 3 is 2.00 bits per heavy atom. The van der Waals surface area contributed by atoms with E-state index < -0.39 is 0 Å². The molecule has 0 unspecified atom stereocenters. The van der Waals surface area contributed by atoms with Gasteiger partial charge in [0.25, 0.3) is 0 Å². The van der Waals surface area contributed by atoms with E-state index >= 15 is 0 Å². The first-order chi connectivity index (χ1) is 9.19. The Balaban J connectivity index is 2.04. The highest BCUT2D eigenvalue weighted by Crippen LogP contribution is 2.19. The first-order valence-electron chi connectivity index (χ1n) is 5.73. The van der Waals surface area contributed by atoms with Gasteiger partial charge < -0.3 is 5.32 Å². The second kappa shape index (κ2) is 6.60. The van der Waals surface area contributed by atoms with Gasteiger partial charge in [0, 0.05) is 27.9 Å².